The summed E-state index contributed by atoms with van der Waals surface area (Å²) in [6.45, 7) is 2.27. The Balaban J connectivity index is 1.95. The number of fused-ring (bicyclic) bond motifs is 1. The Bertz CT molecular complexity index is 470. The van der Waals surface area contributed by atoms with Crippen molar-refractivity contribution >= 4 is 21.4 Å². The van der Waals surface area contributed by atoms with Crippen LogP contribution in [0, 0.1) is 0 Å². The SMILES string of the molecule is C[C@@H](NC1CC1)c1csc2ccccc12. The van der Waals surface area contributed by atoms with Crippen LogP contribution in [0.4, 0.5) is 0 Å². The van der Waals surface area contributed by atoms with Crippen LogP contribution in [0.3, 0.4) is 0 Å². The monoisotopic (exact) mass is 217 g/mol. The maximum atomic E-state index is 3.66. The van der Waals surface area contributed by atoms with E-state index in [4.69, 9.17) is 0 Å². The van der Waals surface area contributed by atoms with Crippen LogP contribution in [0.25, 0.3) is 10.1 Å². The molecule has 3 rings (SSSR count). The largest absolute Gasteiger partial charge is 0.307 e. The van der Waals surface area contributed by atoms with E-state index in [1.807, 2.05) is 11.3 Å². The highest BCUT2D eigenvalue weighted by atomic mass is 32.1. The van der Waals surface area contributed by atoms with Crippen molar-refractivity contribution in [1.82, 2.24) is 5.32 Å². The van der Waals surface area contributed by atoms with E-state index in [0.717, 1.165) is 6.04 Å². The van der Waals surface area contributed by atoms with Gasteiger partial charge in [-0.25, -0.2) is 0 Å². The fourth-order valence-corrected chi connectivity index (χ4v) is 3.08. The number of hydrogen-bond donors (Lipinski definition) is 1. The van der Waals surface area contributed by atoms with Gasteiger partial charge in [0.05, 0.1) is 0 Å². The van der Waals surface area contributed by atoms with Crippen LogP contribution < -0.4 is 5.32 Å². The van der Waals surface area contributed by atoms with Gasteiger partial charge in [-0.2, -0.15) is 0 Å². The summed E-state index contributed by atoms with van der Waals surface area (Å²) in [4.78, 5) is 0. The normalized spacial score (nSPS) is 18.2. The molecule has 2 aromatic rings. The van der Waals surface area contributed by atoms with Crippen LogP contribution in [-0.2, 0) is 0 Å². The highest BCUT2D eigenvalue weighted by Gasteiger charge is 2.24. The molecule has 1 nitrogen and oxygen atoms in total. The lowest BCUT2D eigenvalue weighted by molar-refractivity contribution is 0.575. The molecule has 15 heavy (non-hydrogen) atoms. The molecule has 0 unspecified atom stereocenters. The molecule has 78 valence electrons. The van der Waals surface area contributed by atoms with Crippen molar-refractivity contribution in [2.24, 2.45) is 0 Å². The molecule has 2 heteroatoms. The molecule has 0 amide bonds. The van der Waals surface area contributed by atoms with Crippen LogP contribution in [-0.4, -0.2) is 6.04 Å². The second-order valence-corrected chi connectivity index (χ2v) is 5.26. The van der Waals surface area contributed by atoms with Crippen LogP contribution in [0.5, 0.6) is 0 Å². The van der Waals surface area contributed by atoms with Crippen molar-refractivity contribution in [1.29, 1.82) is 0 Å². The first-order valence-corrected chi connectivity index (χ1v) is 6.45. The van der Waals surface area contributed by atoms with E-state index >= 15 is 0 Å². The highest BCUT2D eigenvalue weighted by Crippen LogP contribution is 2.32. The first kappa shape index (κ1) is 9.37. The topological polar surface area (TPSA) is 12.0 Å². The van der Waals surface area contributed by atoms with Crippen LogP contribution in [0.1, 0.15) is 31.4 Å². The zero-order valence-electron chi connectivity index (χ0n) is 8.86. The molecule has 0 saturated heterocycles. The van der Waals surface area contributed by atoms with Crippen LogP contribution in [0.2, 0.25) is 0 Å². The molecule has 1 aromatic heterocycles. The van der Waals surface area contributed by atoms with Crippen LogP contribution in [0.15, 0.2) is 29.6 Å². The minimum absolute atomic E-state index is 0.494. The second kappa shape index (κ2) is 3.62. The van der Waals surface area contributed by atoms with Gasteiger partial charge in [0.2, 0.25) is 0 Å². The van der Waals surface area contributed by atoms with Gasteiger partial charge in [0.1, 0.15) is 0 Å². The predicted molar refractivity (Wildman–Crippen MR) is 66.4 cm³/mol. The number of benzene rings is 1. The Morgan fingerprint density at radius 2 is 2.13 bits per heavy atom. The molecule has 0 radical (unpaired) electrons. The first-order chi connectivity index (χ1) is 7.34. The van der Waals surface area contributed by atoms with E-state index < -0.39 is 0 Å². The standard InChI is InChI=1S/C13H15NS/c1-9(14-10-6-7-10)12-8-15-13-5-3-2-4-11(12)13/h2-5,8-10,14H,6-7H2,1H3/t9-/m1/s1. The van der Waals surface area contributed by atoms with E-state index in [9.17, 15) is 0 Å². The lowest BCUT2D eigenvalue weighted by atomic mass is 10.1. The average Bonchev–Trinajstić information content (AvgIpc) is 2.96. The molecule has 0 aliphatic heterocycles. The Morgan fingerprint density at radius 3 is 2.93 bits per heavy atom. The van der Waals surface area contributed by atoms with Gasteiger partial charge in [0.25, 0.3) is 0 Å². The summed E-state index contributed by atoms with van der Waals surface area (Å²) in [6.07, 6.45) is 2.71. The maximum absolute atomic E-state index is 3.66. The van der Waals surface area contributed by atoms with Gasteiger partial charge in [0.15, 0.2) is 0 Å². The predicted octanol–water partition coefficient (Wildman–Crippen LogP) is 3.71. The molecule has 1 aliphatic rings. The number of rotatable bonds is 3. The van der Waals surface area contributed by atoms with Crippen molar-refractivity contribution in [3.63, 3.8) is 0 Å². The Kier molecular flexibility index (Phi) is 2.26. The summed E-state index contributed by atoms with van der Waals surface area (Å²) < 4.78 is 1.40. The van der Waals surface area contributed by atoms with Crippen LogP contribution >= 0.6 is 11.3 Å². The van der Waals surface area contributed by atoms with Crippen molar-refractivity contribution in [3.8, 4) is 0 Å². The van der Waals surface area contributed by atoms with Gasteiger partial charge in [-0.3, -0.25) is 0 Å². The van der Waals surface area contributed by atoms with Crippen molar-refractivity contribution in [2.45, 2.75) is 31.8 Å². The maximum Gasteiger partial charge on any atom is 0.0346 e. The molecule has 0 spiro atoms. The summed E-state index contributed by atoms with van der Waals surface area (Å²) in [5.74, 6) is 0. The van der Waals surface area contributed by atoms with E-state index in [1.54, 1.807) is 0 Å². The fourth-order valence-electron chi connectivity index (χ4n) is 2.03. The summed E-state index contributed by atoms with van der Waals surface area (Å²) in [7, 11) is 0. The van der Waals surface area contributed by atoms with Gasteiger partial charge < -0.3 is 5.32 Å². The van der Waals surface area contributed by atoms with Gasteiger partial charge >= 0.3 is 0 Å². The molecule has 1 N–H and O–H groups in total. The van der Waals surface area contributed by atoms with Gasteiger partial charge in [-0.15, -0.1) is 11.3 Å². The molecule has 1 aliphatic carbocycles. The highest BCUT2D eigenvalue weighted by molar-refractivity contribution is 7.17. The number of thiophene rings is 1. The van der Waals surface area contributed by atoms with Gasteiger partial charge in [-0.05, 0) is 42.2 Å². The third-order valence-corrected chi connectivity index (χ3v) is 4.02. The first-order valence-electron chi connectivity index (χ1n) is 5.57. The number of hydrogen-bond acceptors (Lipinski definition) is 2. The molecule has 1 aromatic carbocycles. The fraction of sp³-hybridized carbons (Fsp3) is 0.385. The van der Waals surface area contributed by atoms with E-state index in [0.29, 0.717) is 6.04 Å². The quantitative estimate of drug-likeness (QED) is 0.826. The average molecular weight is 217 g/mol. The molecule has 0 bridgehead atoms. The van der Waals surface area contributed by atoms with Gasteiger partial charge in [0, 0.05) is 16.8 Å². The summed E-state index contributed by atoms with van der Waals surface area (Å²) in [5.41, 5.74) is 1.46. The van der Waals surface area contributed by atoms with E-state index in [1.165, 1.54) is 28.5 Å². The zero-order chi connectivity index (χ0) is 10.3. The number of nitrogens with one attached hydrogen (secondary N) is 1. The molecule has 1 saturated carbocycles. The molecular formula is C13H15NS. The summed E-state index contributed by atoms with van der Waals surface area (Å²) >= 11 is 1.85. The second-order valence-electron chi connectivity index (χ2n) is 4.35. The molecule has 1 heterocycles. The Hall–Kier alpha value is -0.860. The zero-order valence-corrected chi connectivity index (χ0v) is 9.68. The summed E-state index contributed by atoms with van der Waals surface area (Å²) in [5, 5.41) is 7.37. The minimum Gasteiger partial charge on any atom is -0.307 e. The van der Waals surface area contributed by atoms with Crippen molar-refractivity contribution < 1.29 is 0 Å². The summed E-state index contributed by atoms with van der Waals surface area (Å²) in [6, 6.07) is 9.94. The van der Waals surface area contributed by atoms with Gasteiger partial charge in [-0.1, -0.05) is 18.2 Å². The third-order valence-electron chi connectivity index (χ3n) is 3.04. The Morgan fingerprint density at radius 1 is 1.33 bits per heavy atom. The van der Waals surface area contributed by atoms with Crippen molar-refractivity contribution in [3.05, 3.63) is 35.2 Å². The van der Waals surface area contributed by atoms with E-state index in [2.05, 4.69) is 41.9 Å². The lowest BCUT2D eigenvalue weighted by Gasteiger charge is -2.12. The van der Waals surface area contributed by atoms with Crippen molar-refractivity contribution in [2.75, 3.05) is 0 Å². The molecule has 1 fully saturated rings. The smallest absolute Gasteiger partial charge is 0.0346 e. The third kappa shape index (κ3) is 1.80. The lowest BCUT2D eigenvalue weighted by Crippen LogP contribution is -2.20. The Labute approximate surface area is 94.1 Å². The molecular weight excluding hydrogens is 202 g/mol. The van der Waals surface area contributed by atoms with E-state index in [-0.39, 0.29) is 0 Å². The minimum atomic E-state index is 0.494. The molecule has 1 atom stereocenters.